The van der Waals surface area contributed by atoms with Crippen LogP contribution in [0.2, 0.25) is 0 Å². The summed E-state index contributed by atoms with van der Waals surface area (Å²) in [4.78, 5) is 50.2. The zero-order chi connectivity index (χ0) is 21.7. The number of amides is 4. The maximum Gasteiger partial charge on any atom is 0.278 e. The van der Waals surface area contributed by atoms with E-state index in [1.54, 1.807) is 48.5 Å². The van der Waals surface area contributed by atoms with Gasteiger partial charge in [0.2, 0.25) is 0 Å². The first-order valence-corrected chi connectivity index (χ1v) is 9.82. The fraction of sp³-hybridized carbons (Fsp3) is 0. The van der Waals surface area contributed by atoms with E-state index < -0.39 is 23.6 Å². The Bertz CT molecular complexity index is 1060. The zero-order valence-corrected chi connectivity index (χ0v) is 17.7. The number of nitrogens with zero attached hydrogens (tertiary/aromatic N) is 2. The molecule has 0 N–H and O–H groups in total. The summed E-state index contributed by atoms with van der Waals surface area (Å²) in [5.41, 5.74) is 2.18. The molecule has 30 heavy (non-hydrogen) atoms. The van der Waals surface area contributed by atoms with Crippen molar-refractivity contribution in [3.8, 4) is 11.1 Å². The van der Waals surface area contributed by atoms with Crippen molar-refractivity contribution in [1.82, 2.24) is 0 Å². The van der Waals surface area contributed by atoms with Gasteiger partial charge in [0.15, 0.2) is 0 Å². The Morgan fingerprint density at radius 2 is 0.667 bits per heavy atom. The number of halogens is 4. The number of carbonyl (C=O) groups excluding carboxylic acids is 4. The van der Waals surface area contributed by atoms with Gasteiger partial charge in [-0.1, -0.05) is 70.7 Å². The Morgan fingerprint density at radius 1 is 0.433 bits per heavy atom. The average molecular weight is 482 g/mol. The van der Waals surface area contributed by atoms with Crippen molar-refractivity contribution >= 4 is 81.4 Å². The van der Waals surface area contributed by atoms with Gasteiger partial charge in [-0.25, -0.2) is 9.80 Å². The summed E-state index contributed by atoms with van der Waals surface area (Å²) in [5, 5.41) is -1.27. The highest BCUT2D eigenvalue weighted by Gasteiger charge is 2.38. The highest BCUT2D eigenvalue weighted by molar-refractivity contribution is 6.63. The number of carbonyl (C=O) groups is 4. The lowest BCUT2D eigenvalue weighted by molar-refractivity contribution is -0.121. The van der Waals surface area contributed by atoms with Gasteiger partial charge < -0.3 is 0 Å². The van der Waals surface area contributed by atoms with Crippen molar-refractivity contribution in [3.05, 3.63) is 68.7 Å². The van der Waals surface area contributed by atoms with Crippen molar-refractivity contribution in [2.75, 3.05) is 9.80 Å². The Morgan fingerprint density at radius 3 is 0.900 bits per heavy atom. The van der Waals surface area contributed by atoms with Gasteiger partial charge >= 0.3 is 0 Å². The second-order valence-electron chi connectivity index (χ2n) is 6.24. The van der Waals surface area contributed by atoms with Crippen molar-refractivity contribution in [1.29, 1.82) is 0 Å². The molecular formula is C20H8Cl4N2O4. The average Bonchev–Trinajstić information content (AvgIpc) is 3.07. The van der Waals surface area contributed by atoms with E-state index in [2.05, 4.69) is 0 Å². The molecule has 2 aliphatic rings. The Labute approximate surface area is 189 Å². The molecule has 0 aromatic heterocycles. The van der Waals surface area contributed by atoms with Crippen LogP contribution in [0.3, 0.4) is 0 Å². The van der Waals surface area contributed by atoms with E-state index in [0.29, 0.717) is 11.4 Å². The second kappa shape index (κ2) is 7.56. The third kappa shape index (κ3) is 3.13. The monoisotopic (exact) mass is 480 g/mol. The lowest BCUT2D eigenvalue weighted by Gasteiger charge is -2.16. The number of rotatable bonds is 3. The van der Waals surface area contributed by atoms with Crippen LogP contribution in [0.25, 0.3) is 11.1 Å². The molecular weight excluding hydrogens is 474 g/mol. The van der Waals surface area contributed by atoms with E-state index in [0.717, 1.165) is 20.9 Å². The first kappa shape index (κ1) is 20.6. The summed E-state index contributed by atoms with van der Waals surface area (Å²) in [7, 11) is 0. The van der Waals surface area contributed by atoms with Crippen LogP contribution < -0.4 is 9.80 Å². The molecule has 2 aliphatic heterocycles. The molecule has 150 valence electrons. The molecule has 10 heteroatoms. The lowest BCUT2D eigenvalue weighted by atomic mass is 10.0. The molecule has 0 bridgehead atoms. The van der Waals surface area contributed by atoms with Gasteiger partial charge in [-0.2, -0.15) is 0 Å². The number of benzene rings is 2. The third-order valence-corrected chi connectivity index (χ3v) is 6.13. The van der Waals surface area contributed by atoms with Crippen LogP contribution in [0.5, 0.6) is 0 Å². The Hall–Kier alpha value is -2.64. The van der Waals surface area contributed by atoms with Gasteiger partial charge in [0, 0.05) is 0 Å². The maximum atomic E-state index is 12.1. The molecule has 6 nitrogen and oxygen atoms in total. The van der Waals surface area contributed by atoms with Crippen LogP contribution in [0.15, 0.2) is 68.7 Å². The summed E-state index contributed by atoms with van der Waals surface area (Å²) < 4.78 is 0. The first-order chi connectivity index (χ1) is 14.2. The fourth-order valence-electron chi connectivity index (χ4n) is 3.03. The van der Waals surface area contributed by atoms with E-state index in [1.165, 1.54) is 0 Å². The minimum absolute atomic E-state index is 0.318. The summed E-state index contributed by atoms with van der Waals surface area (Å²) in [6, 6.07) is 13.1. The molecule has 0 saturated heterocycles. The molecule has 0 atom stereocenters. The smallest absolute Gasteiger partial charge is 0.267 e. The quantitative estimate of drug-likeness (QED) is 0.606. The minimum Gasteiger partial charge on any atom is -0.267 e. The molecule has 2 aromatic carbocycles. The predicted octanol–water partition coefficient (Wildman–Crippen LogP) is 4.48. The first-order valence-electron chi connectivity index (χ1n) is 8.31. The van der Waals surface area contributed by atoms with Crippen LogP contribution in [0.1, 0.15) is 0 Å². The molecule has 0 unspecified atom stereocenters. The largest absolute Gasteiger partial charge is 0.278 e. The fourth-order valence-corrected chi connectivity index (χ4v) is 3.69. The maximum absolute atomic E-state index is 12.1. The highest BCUT2D eigenvalue weighted by atomic mass is 35.5. The normalized spacial score (nSPS) is 17.2. The molecule has 4 amide bonds. The van der Waals surface area contributed by atoms with Gasteiger partial charge in [-0.05, 0) is 35.4 Å². The van der Waals surface area contributed by atoms with Gasteiger partial charge in [-0.15, -0.1) is 0 Å². The van der Waals surface area contributed by atoms with Crippen LogP contribution in [0.4, 0.5) is 11.4 Å². The summed E-state index contributed by atoms with van der Waals surface area (Å²) >= 11 is 23.0. The van der Waals surface area contributed by atoms with Gasteiger partial charge in [0.05, 0.1) is 11.4 Å². The van der Waals surface area contributed by atoms with Crippen LogP contribution in [-0.2, 0) is 19.2 Å². The van der Waals surface area contributed by atoms with E-state index >= 15 is 0 Å². The molecule has 2 heterocycles. The Balaban J connectivity index is 1.57. The molecule has 0 fully saturated rings. The SMILES string of the molecule is O=C1C(Cl)=C(Cl)C(=O)N1c1ccc(-c2ccc(N3C(=O)C(Cl)=C(Cl)C3=O)cc2)cc1. The third-order valence-electron chi connectivity index (χ3n) is 4.53. The molecule has 0 saturated carbocycles. The number of anilines is 2. The van der Waals surface area contributed by atoms with Gasteiger partial charge in [0.25, 0.3) is 23.6 Å². The molecule has 0 spiro atoms. The van der Waals surface area contributed by atoms with E-state index in [4.69, 9.17) is 46.4 Å². The van der Waals surface area contributed by atoms with Gasteiger partial charge in [-0.3, -0.25) is 19.2 Å². The molecule has 0 radical (unpaired) electrons. The summed E-state index contributed by atoms with van der Waals surface area (Å²) in [6.45, 7) is 0. The summed E-state index contributed by atoms with van der Waals surface area (Å²) in [5.74, 6) is -2.74. The van der Waals surface area contributed by atoms with Crippen molar-refractivity contribution < 1.29 is 19.2 Å². The zero-order valence-electron chi connectivity index (χ0n) is 14.7. The van der Waals surface area contributed by atoms with Crippen molar-refractivity contribution in [3.63, 3.8) is 0 Å². The summed E-state index contributed by atoms with van der Waals surface area (Å²) in [6.07, 6.45) is 0. The topological polar surface area (TPSA) is 74.8 Å². The molecule has 0 aliphatic carbocycles. The number of imide groups is 2. The standard InChI is InChI=1S/C20H8Cl4N2O4/c21-13-14(22)18(28)25(17(13)27)11-5-1-9(2-6-11)10-3-7-12(8-4-10)26-19(29)15(23)16(24)20(26)30/h1-8H. The predicted molar refractivity (Wildman–Crippen MR) is 114 cm³/mol. The van der Waals surface area contributed by atoms with Crippen molar-refractivity contribution in [2.45, 2.75) is 0 Å². The van der Waals surface area contributed by atoms with Crippen LogP contribution >= 0.6 is 46.4 Å². The number of hydrogen-bond donors (Lipinski definition) is 0. The van der Waals surface area contributed by atoms with E-state index in [-0.39, 0.29) is 20.1 Å². The highest BCUT2D eigenvalue weighted by Crippen LogP contribution is 2.34. The second-order valence-corrected chi connectivity index (χ2v) is 7.75. The van der Waals surface area contributed by atoms with Crippen molar-refractivity contribution in [2.24, 2.45) is 0 Å². The Kier molecular flexibility index (Phi) is 5.20. The number of hydrogen-bond acceptors (Lipinski definition) is 4. The van der Waals surface area contributed by atoms with Gasteiger partial charge in [0.1, 0.15) is 20.1 Å². The minimum atomic E-state index is -0.686. The molecule has 4 rings (SSSR count). The van der Waals surface area contributed by atoms with E-state index in [9.17, 15) is 19.2 Å². The van der Waals surface area contributed by atoms with Crippen LogP contribution in [0, 0.1) is 0 Å². The van der Waals surface area contributed by atoms with E-state index in [1.807, 2.05) is 0 Å². The lowest BCUT2D eigenvalue weighted by Crippen LogP contribution is -2.30. The molecule has 2 aromatic rings. The van der Waals surface area contributed by atoms with Crippen LogP contribution in [-0.4, -0.2) is 23.6 Å².